The van der Waals surface area contributed by atoms with Crippen LogP contribution < -0.4 is 10.6 Å². The average molecular weight is 398 g/mol. The fourth-order valence-electron chi connectivity index (χ4n) is 3.20. The van der Waals surface area contributed by atoms with E-state index in [4.69, 9.17) is 4.52 Å². The van der Waals surface area contributed by atoms with Crippen LogP contribution in [0.3, 0.4) is 0 Å². The summed E-state index contributed by atoms with van der Waals surface area (Å²) in [4.78, 5) is 8.39. The number of aryl methyl sites for hydroxylation is 3. The highest BCUT2D eigenvalue weighted by Crippen LogP contribution is 2.17. The van der Waals surface area contributed by atoms with Crippen molar-refractivity contribution in [3.63, 3.8) is 0 Å². The minimum Gasteiger partial charge on any atom is -0.361 e. The van der Waals surface area contributed by atoms with Crippen LogP contribution in [-0.4, -0.2) is 27.7 Å². The average Bonchev–Trinajstić information content (AvgIpc) is 3.33. The Morgan fingerprint density at radius 3 is 2.62 bits per heavy atom. The van der Waals surface area contributed by atoms with E-state index in [1.807, 2.05) is 19.9 Å². The Hall–Kier alpha value is -3.16. The zero-order chi connectivity index (χ0) is 20.8. The molecule has 0 aliphatic heterocycles. The molecule has 0 radical (unpaired) electrons. The summed E-state index contributed by atoms with van der Waals surface area (Å²) in [6, 6.07) is 5.18. The van der Waals surface area contributed by atoms with E-state index >= 15 is 0 Å². The van der Waals surface area contributed by atoms with Gasteiger partial charge in [0.2, 0.25) is 0 Å². The van der Waals surface area contributed by atoms with Gasteiger partial charge in [-0.3, -0.25) is 4.99 Å². The Kier molecular flexibility index (Phi) is 6.64. The van der Waals surface area contributed by atoms with E-state index in [9.17, 15) is 4.39 Å². The molecule has 0 aliphatic rings. The van der Waals surface area contributed by atoms with E-state index in [1.165, 1.54) is 6.07 Å². The standard InChI is InChI=1S/C21H27FN6O/c1-5-18-16(20(6-2)29-27-18)13-26-21(23-4)25-12-15-7-8-19(17(22)11-15)28-10-9-24-14(28)3/h7-11H,5-6,12-13H2,1-4H3,(H2,23,25,26). The lowest BCUT2D eigenvalue weighted by atomic mass is 10.1. The van der Waals surface area contributed by atoms with Crippen LogP contribution in [0.1, 0.15) is 42.3 Å². The van der Waals surface area contributed by atoms with Crippen LogP contribution in [0.5, 0.6) is 0 Å². The molecule has 0 saturated carbocycles. The number of aliphatic imine (C=N–C) groups is 1. The van der Waals surface area contributed by atoms with Gasteiger partial charge >= 0.3 is 0 Å². The van der Waals surface area contributed by atoms with E-state index in [1.54, 1.807) is 30.1 Å². The molecular formula is C21H27FN6O. The Balaban J connectivity index is 1.62. The van der Waals surface area contributed by atoms with Gasteiger partial charge in [0.1, 0.15) is 17.4 Å². The lowest BCUT2D eigenvalue weighted by molar-refractivity contribution is 0.380. The number of nitrogens with one attached hydrogen (secondary N) is 2. The highest BCUT2D eigenvalue weighted by atomic mass is 19.1. The number of halogens is 1. The molecule has 0 saturated heterocycles. The number of nitrogens with zero attached hydrogens (tertiary/aromatic N) is 4. The second kappa shape index (κ2) is 9.36. The molecule has 154 valence electrons. The van der Waals surface area contributed by atoms with Crippen LogP contribution >= 0.6 is 0 Å². The molecule has 0 unspecified atom stereocenters. The maximum absolute atomic E-state index is 14.6. The molecule has 0 fully saturated rings. The molecule has 0 bridgehead atoms. The highest BCUT2D eigenvalue weighted by molar-refractivity contribution is 5.79. The third-order valence-corrected chi connectivity index (χ3v) is 4.82. The van der Waals surface area contributed by atoms with Crippen molar-refractivity contribution in [1.82, 2.24) is 25.3 Å². The first-order valence-electron chi connectivity index (χ1n) is 9.76. The van der Waals surface area contributed by atoms with Gasteiger partial charge in [-0.1, -0.05) is 25.1 Å². The van der Waals surface area contributed by atoms with Gasteiger partial charge in [-0.05, 0) is 31.0 Å². The third-order valence-electron chi connectivity index (χ3n) is 4.82. The second-order valence-corrected chi connectivity index (χ2v) is 6.65. The van der Waals surface area contributed by atoms with E-state index in [-0.39, 0.29) is 5.82 Å². The number of hydrogen-bond acceptors (Lipinski definition) is 4. The predicted octanol–water partition coefficient (Wildman–Crippen LogP) is 3.30. The van der Waals surface area contributed by atoms with Gasteiger partial charge in [-0.2, -0.15) is 0 Å². The van der Waals surface area contributed by atoms with Crippen molar-refractivity contribution in [1.29, 1.82) is 0 Å². The third kappa shape index (κ3) is 4.64. The summed E-state index contributed by atoms with van der Waals surface area (Å²) >= 11 is 0. The molecule has 2 aromatic heterocycles. The van der Waals surface area contributed by atoms with Crippen molar-refractivity contribution < 1.29 is 8.91 Å². The molecular weight excluding hydrogens is 371 g/mol. The van der Waals surface area contributed by atoms with Crippen LogP contribution in [-0.2, 0) is 25.9 Å². The van der Waals surface area contributed by atoms with E-state index in [0.29, 0.717) is 24.7 Å². The number of guanidine groups is 1. The van der Waals surface area contributed by atoms with Gasteiger partial charge in [-0.15, -0.1) is 0 Å². The van der Waals surface area contributed by atoms with Crippen molar-refractivity contribution in [2.75, 3.05) is 7.05 Å². The number of imidazole rings is 1. The van der Waals surface area contributed by atoms with Crippen LogP contribution in [0.15, 0.2) is 40.1 Å². The van der Waals surface area contributed by atoms with Crippen molar-refractivity contribution in [2.24, 2.45) is 4.99 Å². The Morgan fingerprint density at radius 1 is 1.21 bits per heavy atom. The molecule has 1 aromatic carbocycles. The van der Waals surface area contributed by atoms with Gasteiger partial charge in [0.05, 0.1) is 11.4 Å². The van der Waals surface area contributed by atoms with E-state index < -0.39 is 0 Å². The maximum atomic E-state index is 14.6. The molecule has 29 heavy (non-hydrogen) atoms. The van der Waals surface area contributed by atoms with Crippen LogP contribution in [0.25, 0.3) is 5.69 Å². The van der Waals surface area contributed by atoms with Crippen molar-refractivity contribution >= 4 is 5.96 Å². The van der Waals surface area contributed by atoms with Gasteiger partial charge in [-0.25, -0.2) is 9.37 Å². The molecule has 7 nitrogen and oxygen atoms in total. The van der Waals surface area contributed by atoms with Crippen molar-refractivity contribution in [3.05, 3.63) is 64.8 Å². The smallest absolute Gasteiger partial charge is 0.191 e. The lowest BCUT2D eigenvalue weighted by Crippen LogP contribution is -2.36. The molecule has 0 aliphatic carbocycles. The predicted molar refractivity (Wildman–Crippen MR) is 111 cm³/mol. The monoisotopic (exact) mass is 398 g/mol. The fourth-order valence-corrected chi connectivity index (χ4v) is 3.20. The first-order chi connectivity index (χ1) is 14.1. The number of benzene rings is 1. The van der Waals surface area contributed by atoms with Gasteiger partial charge in [0.15, 0.2) is 5.96 Å². The fraction of sp³-hybridized carbons (Fsp3) is 0.381. The van der Waals surface area contributed by atoms with Gasteiger partial charge in [0.25, 0.3) is 0 Å². The summed E-state index contributed by atoms with van der Waals surface area (Å²) in [7, 11) is 1.70. The number of hydrogen-bond donors (Lipinski definition) is 2. The molecule has 0 amide bonds. The summed E-state index contributed by atoms with van der Waals surface area (Å²) < 4.78 is 21.7. The molecule has 3 aromatic rings. The Labute approximate surface area is 170 Å². The zero-order valence-corrected chi connectivity index (χ0v) is 17.3. The molecule has 3 rings (SSSR count). The van der Waals surface area contributed by atoms with E-state index in [2.05, 4.69) is 32.7 Å². The minimum absolute atomic E-state index is 0.294. The lowest BCUT2D eigenvalue weighted by Gasteiger charge is -2.13. The topological polar surface area (TPSA) is 80.3 Å². The molecule has 2 N–H and O–H groups in total. The first-order valence-corrected chi connectivity index (χ1v) is 9.76. The number of rotatable bonds is 7. The van der Waals surface area contributed by atoms with Crippen LogP contribution in [0.2, 0.25) is 0 Å². The Morgan fingerprint density at radius 2 is 2.00 bits per heavy atom. The summed E-state index contributed by atoms with van der Waals surface area (Å²) in [5.41, 5.74) is 3.33. The zero-order valence-electron chi connectivity index (χ0n) is 17.3. The molecule has 2 heterocycles. The molecule has 8 heteroatoms. The summed E-state index contributed by atoms with van der Waals surface area (Å²) in [6.07, 6.45) is 5.01. The molecule has 0 atom stereocenters. The van der Waals surface area contributed by atoms with Crippen molar-refractivity contribution in [3.8, 4) is 5.69 Å². The van der Waals surface area contributed by atoms with Crippen LogP contribution in [0, 0.1) is 12.7 Å². The summed E-state index contributed by atoms with van der Waals surface area (Å²) in [5.74, 6) is 1.96. The number of aromatic nitrogens is 3. The molecule has 0 spiro atoms. The SMILES string of the molecule is CCc1noc(CC)c1CNC(=NC)NCc1ccc(-n2ccnc2C)c(F)c1. The largest absolute Gasteiger partial charge is 0.361 e. The van der Waals surface area contributed by atoms with Gasteiger partial charge in [0, 0.05) is 44.5 Å². The van der Waals surface area contributed by atoms with Crippen LogP contribution in [0.4, 0.5) is 4.39 Å². The summed E-state index contributed by atoms with van der Waals surface area (Å²) in [5, 5.41) is 10.6. The Bertz CT molecular complexity index is 969. The maximum Gasteiger partial charge on any atom is 0.191 e. The normalized spacial score (nSPS) is 11.7. The van der Waals surface area contributed by atoms with E-state index in [0.717, 1.165) is 41.2 Å². The quantitative estimate of drug-likeness (QED) is 0.472. The van der Waals surface area contributed by atoms with Gasteiger partial charge < -0.3 is 19.7 Å². The highest BCUT2D eigenvalue weighted by Gasteiger charge is 2.14. The second-order valence-electron chi connectivity index (χ2n) is 6.65. The van der Waals surface area contributed by atoms with Crippen molar-refractivity contribution in [2.45, 2.75) is 46.7 Å². The minimum atomic E-state index is -0.294. The first kappa shape index (κ1) is 20.6. The summed E-state index contributed by atoms with van der Waals surface area (Å²) in [6.45, 7) is 6.96.